The van der Waals surface area contributed by atoms with E-state index >= 15 is 0 Å². The molecule has 0 aromatic carbocycles. The van der Waals surface area contributed by atoms with Crippen LogP contribution in [0.1, 0.15) is 12.8 Å². The van der Waals surface area contributed by atoms with Crippen LogP contribution in [0.15, 0.2) is 0 Å². The molecule has 0 heterocycles. The number of hydrogen-bond donors (Lipinski definition) is 4. The van der Waals surface area contributed by atoms with Crippen LogP contribution in [0, 0.1) is 0 Å². The smallest absolute Gasteiger partial charge is 0.237 e. The topological polar surface area (TPSA) is 107 Å². The van der Waals surface area contributed by atoms with Crippen molar-refractivity contribution in [1.29, 1.82) is 0 Å². The quantitative estimate of drug-likeness (QED) is 0.299. The lowest BCUT2D eigenvalue weighted by molar-refractivity contribution is -0.123. The Kier molecular flexibility index (Phi) is 8.97. The molecule has 16 heavy (non-hydrogen) atoms. The first-order valence-electron chi connectivity index (χ1n) is 5.08. The van der Waals surface area contributed by atoms with Crippen molar-refractivity contribution < 1.29 is 14.3 Å². The van der Waals surface area contributed by atoms with Crippen LogP contribution in [0.25, 0.3) is 0 Å². The molecule has 0 rings (SSSR count). The molecule has 0 bridgehead atoms. The highest BCUT2D eigenvalue weighted by Crippen LogP contribution is 1.93. The van der Waals surface area contributed by atoms with E-state index < -0.39 is 11.9 Å². The van der Waals surface area contributed by atoms with Crippen molar-refractivity contribution in [3.8, 4) is 0 Å². The fourth-order valence-corrected chi connectivity index (χ4v) is 1.10. The standard InChI is InChI=1S/C9H19N3O3S/c10-7(1-2-8(11)13)9(14)12-3-4-15-5-6-16/h7,16H,1-6,10H2,(H2,11,13)(H,12,14). The molecule has 0 aliphatic rings. The van der Waals surface area contributed by atoms with Crippen LogP contribution in [0.2, 0.25) is 0 Å². The molecular formula is C9H19N3O3S. The molecule has 1 atom stereocenters. The average Bonchev–Trinajstić information content (AvgIpc) is 2.25. The van der Waals surface area contributed by atoms with Gasteiger partial charge in [0, 0.05) is 18.7 Å². The van der Waals surface area contributed by atoms with Crippen molar-refractivity contribution in [1.82, 2.24) is 5.32 Å². The molecule has 0 aromatic rings. The summed E-state index contributed by atoms with van der Waals surface area (Å²) in [6, 6.07) is -0.697. The van der Waals surface area contributed by atoms with Gasteiger partial charge in [-0.2, -0.15) is 12.6 Å². The molecule has 0 aliphatic carbocycles. The molecule has 7 heteroatoms. The van der Waals surface area contributed by atoms with E-state index in [9.17, 15) is 9.59 Å². The van der Waals surface area contributed by atoms with E-state index in [1.165, 1.54) is 0 Å². The highest BCUT2D eigenvalue weighted by Gasteiger charge is 2.13. The molecular weight excluding hydrogens is 230 g/mol. The summed E-state index contributed by atoms with van der Waals surface area (Å²) in [5.74, 6) is -0.109. The van der Waals surface area contributed by atoms with Crippen LogP contribution in [-0.2, 0) is 14.3 Å². The number of hydrogen-bond acceptors (Lipinski definition) is 5. The lowest BCUT2D eigenvalue weighted by atomic mass is 10.1. The maximum atomic E-state index is 11.3. The maximum absolute atomic E-state index is 11.3. The molecule has 0 spiro atoms. The summed E-state index contributed by atoms with van der Waals surface area (Å²) in [7, 11) is 0. The molecule has 0 saturated carbocycles. The zero-order chi connectivity index (χ0) is 12.4. The largest absolute Gasteiger partial charge is 0.379 e. The number of rotatable bonds is 9. The third-order valence-corrected chi connectivity index (χ3v) is 2.00. The van der Waals surface area contributed by atoms with Gasteiger partial charge in [-0.1, -0.05) is 0 Å². The van der Waals surface area contributed by atoms with E-state index in [1.807, 2.05) is 0 Å². The predicted molar refractivity (Wildman–Crippen MR) is 64.1 cm³/mol. The summed E-state index contributed by atoms with van der Waals surface area (Å²) in [5, 5.41) is 2.60. The summed E-state index contributed by atoms with van der Waals surface area (Å²) < 4.78 is 5.11. The van der Waals surface area contributed by atoms with E-state index in [2.05, 4.69) is 17.9 Å². The van der Waals surface area contributed by atoms with Gasteiger partial charge in [0.2, 0.25) is 11.8 Å². The maximum Gasteiger partial charge on any atom is 0.237 e. The number of nitrogens with one attached hydrogen (secondary N) is 1. The van der Waals surface area contributed by atoms with Gasteiger partial charge in [-0.15, -0.1) is 0 Å². The van der Waals surface area contributed by atoms with Crippen LogP contribution in [0.4, 0.5) is 0 Å². The monoisotopic (exact) mass is 249 g/mol. The minimum atomic E-state index is -0.697. The van der Waals surface area contributed by atoms with Gasteiger partial charge in [-0.3, -0.25) is 9.59 Å². The second-order valence-corrected chi connectivity index (χ2v) is 3.69. The first kappa shape index (κ1) is 15.2. The van der Waals surface area contributed by atoms with Crippen LogP contribution >= 0.6 is 12.6 Å². The summed E-state index contributed by atoms with van der Waals surface area (Å²) >= 11 is 3.97. The number of ether oxygens (including phenoxy) is 1. The summed E-state index contributed by atoms with van der Waals surface area (Å²) in [4.78, 5) is 21.8. The molecule has 5 N–H and O–H groups in total. The number of nitrogens with two attached hydrogens (primary N) is 2. The Bertz CT molecular complexity index is 226. The lowest BCUT2D eigenvalue weighted by Gasteiger charge is -2.11. The SMILES string of the molecule is NC(=O)CCC(N)C(=O)NCCOCCS. The van der Waals surface area contributed by atoms with Crippen molar-refractivity contribution in [3.63, 3.8) is 0 Å². The van der Waals surface area contributed by atoms with Gasteiger partial charge >= 0.3 is 0 Å². The Labute approximate surface area is 100 Å². The number of amides is 2. The molecule has 0 aliphatic heterocycles. The van der Waals surface area contributed by atoms with Crippen LogP contribution < -0.4 is 16.8 Å². The van der Waals surface area contributed by atoms with E-state index in [1.54, 1.807) is 0 Å². The third-order valence-electron chi connectivity index (χ3n) is 1.82. The van der Waals surface area contributed by atoms with Crippen molar-refractivity contribution in [2.45, 2.75) is 18.9 Å². The highest BCUT2D eigenvalue weighted by molar-refractivity contribution is 7.80. The predicted octanol–water partition coefficient (Wildman–Crippen LogP) is -1.36. The van der Waals surface area contributed by atoms with E-state index in [0.717, 1.165) is 0 Å². The fourth-order valence-electron chi connectivity index (χ4n) is 0.973. The zero-order valence-electron chi connectivity index (χ0n) is 9.15. The Morgan fingerprint density at radius 3 is 2.62 bits per heavy atom. The third kappa shape index (κ3) is 8.51. The molecule has 0 aromatic heterocycles. The Hall–Kier alpha value is -0.790. The molecule has 0 radical (unpaired) electrons. The van der Waals surface area contributed by atoms with Gasteiger partial charge in [-0.05, 0) is 6.42 Å². The minimum Gasteiger partial charge on any atom is -0.379 e. The van der Waals surface area contributed by atoms with Gasteiger partial charge in [0.05, 0.1) is 19.3 Å². The number of carbonyl (C=O) groups excluding carboxylic acids is 2. The van der Waals surface area contributed by atoms with E-state index in [-0.39, 0.29) is 18.7 Å². The molecule has 6 nitrogen and oxygen atoms in total. The number of carbonyl (C=O) groups is 2. The summed E-state index contributed by atoms with van der Waals surface area (Å²) in [6.07, 6.45) is 0.378. The Morgan fingerprint density at radius 2 is 2.06 bits per heavy atom. The molecule has 0 fully saturated rings. The second-order valence-electron chi connectivity index (χ2n) is 3.24. The molecule has 2 amide bonds. The normalized spacial score (nSPS) is 12.1. The van der Waals surface area contributed by atoms with Gasteiger partial charge in [0.25, 0.3) is 0 Å². The van der Waals surface area contributed by atoms with Crippen molar-refractivity contribution in [3.05, 3.63) is 0 Å². The van der Waals surface area contributed by atoms with Crippen LogP contribution in [-0.4, -0.2) is 43.4 Å². The van der Waals surface area contributed by atoms with Crippen LogP contribution in [0.3, 0.4) is 0 Å². The number of thiol groups is 1. The number of primary amides is 1. The van der Waals surface area contributed by atoms with Gasteiger partial charge in [-0.25, -0.2) is 0 Å². The molecule has 94 valence electrons. The van der Waals surface area contributed by atoms with Gasteiger partial charge in [0.1, 0.15) is 0 Å². The lowest BCUT2D eigenvalue weighted by Crippen LogP contribution is -2.42. The highest BCUT2D eigenvalue weighted by atomic mass is 32.1. The summed E-state index contributed by atoms with van der Waals surface area (Å²) in [5.41, 5.74) is 10.5. The van der Waals surface area contributed by atoms with Crippen molar-refractivity contribution in [2.24, 2.45) is 11.5 Å². The Balaban J connectivity index is 3.51. The van der Waals surface area contributed by atoms with Crippen molar-refractivity contribution >= 4 is 24.4 Å². The first-order chi connectivity index (χ1) is 7.57. The van der Waals surface area contributed by atoms with Gasteiger partial charge < -0.3 is 21.5 Å². The summed E-state index contributed by atoms with van der Waals surface area (Å²) in [6.45, 7) is 1.37. The van der Waals surface area contributed by atoms with E-state index in [0.29, 0.717) is 25.5 Å². The van der Waals surface area contributed by atoms with Crippen LogP contribution in [0.5, 0.6) is 0 Å². The first-order valence-corrected chi connectivity index (χ1v) is 5.71. The molecule has 0 saturated heterocycles. The van der Waals surface area contributed by atoms with E-state index in [4.69, 9.17) is 16.2 Å². The fraction of sp³-hybridized carbons (Fsp3) is 0.778. The average molecular weight is 249 g/mol. The Morgan fingerprint density at radius 1 is 1.38 bits per heavy atom. The zero-order valence-corrected chi connectivity index (χ0v) is 10.0. The minimum absolute atomic E-state index is 0.116. The van der Waals surface area contributed by atoms with Crippen molar-refractivity contribution in [2.75, 3.05) is 25.5 Å². The second kappa shape index (κ2) is 9.44. The molecule has 1 unspecified atom stereocenters. The van der Waals surface area contributed by atoms with Gasteiger partial charge in [0.15, 0.2) is 0 Å².